The van der Waals surface area contributed by atoms with E-state index in [2.05, 4.69) is 21.2 Å². The molecular formula is C16H14BrClFNO2. The Balaban J connectivity index is 1.88. The first kappa shape index (κ1) is 16.8. The Morgan fingerprint density at radius 3 is 2.64 bits per heavy atom. The smallest absolute Gasteiger partial charge is 0.258 e. The molecule has 0 aliphatic rings. The van der Waals surface area contributed by atoms with E-state index >= 15 is 0 Å². The van der Waals surface area contributed by atoms with Crippen molar-refractivity contribution in [3.63, 3.8) is 0 Å². The van der Waals surface area contributed by atoms with E-state index in [0.29, 0.717) is 15.2 Å². The summed E-state index contributed by atoms with van der Waals surface area (Å²) in [5, 5.41) is 3.37. The predicted octanol–water partition coefficient (Wildman–Crippen LogP) is 4.50. The molecule has 0 bridgehead atoms. The van der Waals surface area contributed by atoms with Gasteiger partial charge in [0.25, 0.3) is 5.91 Å². The number of hydrogen-bond donors (Lipinski definition) is 1. The van der Waals surface area contributed by atoms with Crippen LogP contribution in [-0.2, 0) is 4.79 Å². The molecule has 0 radical (unpaired) electrons. The third kappa shape index (κ3) is 4.71. The van der Waals surface area contributed by atoms with E-state index in [1.165, 1.54) is 12.1 Å². The summed E-state index contributed by atoms with van der Waals surface area (Å²) in [4.78, 5) is 11.9. The molecule has 0 aliphatic carbocycles. The van der Waals surface area contributed by atoms with Crippen molar-refractivity contribution < 1.29 is 13.9 Å². The van der Waals surface area contributed by atoms with E-state index < -0.39 is 0 Å². The minimum Gasteiger partial charge on any atom is -0.483 e. The summed E-state index contributed by atoms with van der Waals surface area (Å²) in [6, 6.07) is 10.8. The Morgan fingerprint density at radius 1 is 1.32 bits per heavy atom. The summed E-state index contributed by atoms with van der Waals surface area (Å²) in [6.07, 6.45) is 0. The maximum absolute atomic E-state index is 12.9. The molecule has 0 aliphatic heterocycles. The van der Waals surface area contributed by atoms with Gasteiger partial charge in [0.2, 0.25) is 0 Å². The van der Waals surface area contributed by atoms with E-state index in [9.17, 15) is 9.18 Å². The predicted molar refractivity (Wildman–Crippen MR) is 87.6 cm³/mol. The second-order valence-corrected chi connectivity index (χ2v) is 5.99. The molecular weight excluding hydrogens is 373 g/mol. The third-order valence-electron chi connectivity index (χ3n) is 3.00. The molecule has 0 saturated heterocycles. The number of halogens is 3. The van der Waals surface area contributed by atoms with Gasteiger partial charge in [0.15, 0.2) is 6.61 Å². The Labute approximate surface area is 141 Å². The first-order chi connectivity index (χ1) is 10.5. The average molecular weight is 387 g/mol. The first-order valence-corrected chi connectivity index (χ1v) is 7.75. The molecule has 1 N–H and O–H groups in total. The maximum Gasteiger partial charge on any atom is 0.258 e. The number of nitrogens with one attached hydrogen (secondary N) is 1. The topological polar surface area (TPSA) is 38.3 Å². The van der Waals surface area contributed by atoms with Gasteiger partial charge < -0.3 is 10.1 Å². The van der Waals surface area contributed by atoms with Crippen molar-refractivity contribution in [2.24, 2.45) is 0 Å². The molecule has 116 valence electrons. The van der Waals surface area contributed by atoms with E-state index in [0.717, 1.165) is 5.56 Å². The molecule has 1 atom stereocenters. The van der Waals surface area contributed by atoms with Crippen LogP contribution in [0.1, 0.15) is 18.5 Å². The summed E-state index contributed by atoms with van der Waals surface area (Å²) in [6.45, 7) is 1.70. The normalized spacial score (nSPS) is 11.8. The fourth-order valence-electron chi connectivity index (χ4n) is 1.85. The van der Waals surface area contributed by atoms with Crippen LogP contribution in [0.15, 0.2) is 46.9 Å². The second kappa shape index (κ2) is 7.61. The van der Waals surface area contributed by atoms with Crippen molar-refractivity contribution in [1.82, 2.24) is 5.32 Å². The largest absolute Gasteiger partial charge is 0.483 e. The molecule has 2 aromatic rings. The lowest BCUT2D eigenvalue weighted by molar-refractivity contribution is -0.123. The average Bonchev–Trinajstić information content (AvgIpc) is 2.47. The van der Waals surface area contributed by atoms with Crippen LogP contribution in [0.4, 0.5) is 4.39 Å². The lowest BCUT2D eigenvalue weighted by Gasteiger charge is -2.15. The number of carbonyl (C=O) groups is 1. The van der Waals surface area contributed by atoms with Crippen molar-refractivity contribution in [3.05, 3.63) is 63.3 Å². The van der Waals surface area contributed by atoms with Crippen LogP contribution in [0.3, 0.4) is 0 Å². The van der Waals surface area contributed by atoms with Crippen molar-refractivity contribution in [2.45, 2.75) is 13.0 Å². The van der Waals surface area contributed by atoms with Crippen LogP contribution < -0.4 is 10.1 Å². The highest BCUT2D eigenvalue weighted by molar-refractivity contribution is 9.10. The van der Waals surface area contributed by atoms with E-state index in [-0.39, 0.29) is 24.4 Å². The van der Waals surface area contributed by atoms with Gasteiger partial charge in [-0.15, -0.1) is 0 Å². The SMILES string of the molecule is C[C@@H](NC(=O)COc1ccc(Cl)cc1Br)c1ccc(F)cc1. The van der Waals surface area contributed by atoms with Crippen LogP contribution >= 0.6 is 27.5 Å². The fourth-order valence-corrected chi connectivity index (χ4v) is 2.65. The first-order valence-electron chi connectivity index (χ1n) is 6.58. The Morgan fingerprint density at radius 2 is 2.00 bits per heavy atom. The summed E-state index contributed by atoms with van der Waals surface area (Å²) in [5.41, 5.74) is 0.822. The van der Waals surface area contributed by atoms with Gasteiger partial charge in [-0.2, -0.15) is 0 Å². The zero-order chi connectivity index (χ0) is 16.1. The molecule has 0 saturated carbocycles. The minimum atomic E-state index is -0.307. The van der Waals surface area contributed by atoms with Gasteiger partial charge in [0.05, 0.1) is 10.5 Å². The van der Waals surface area contributed by atoms with Crippen molar-refractivity contribution in [3.8, 4) is 5.75 Å². The zero-order valence-electron chi connectivity index (χ0n) is 11.8. The quantitative estimate of drug-likeness (QED) is 0.822. The standard InChI is InChI=1S/C16H14BrClFNO2/c1-10(11-2-5-13(19)6-3-11)20-16(21)9-22-15-7-4-12(18)8-14(15)17/h2-8,10H,9H2,1H3,(H,20,21)/t10-/m1/s1. The summed E-state index contributed by atoms with van der Waals surface area (Å²) in [7, 11) is 0. The molecule has 1 amide bonds. The molecule has 2 aromatic carbocycles. The van der Waals surface area contributed by atoms with Crippen LogP contribution in [0.5, 0.6) is 5.75 Å². The van der Waals surface area contributed by atoms with Crippen molar-refractivity contribution >= 4 is 33.4 Å². The molecule has 0 unspecified atom stereocenters. The Kier molecular flexibility index (Phi) is 5.80. The maximum atomic E-state index is 12.9. The number of hydrogen-bond acceptors (Lipinski definition) is 2. The van der Waals surface area contributed by atoms with Gasteiger partial charge in [0, 0.05) is 5.02 Å². The van der Waals surface area contributed by atoms with Gasteiger partial charge >= 0.3 is 0 Å². The van der Waals surface area contributed by atoms with Gasteiger partial charge in [-0.1, -0.05) is 23.7 Å². The number of rotatable bonds is 5. The number of carbonyl (C=O) groups excluding carboxylic acids is 1. The van der Waals surface area contributed by atoms with Gasteiger partial charge in [-0.3, -0.25) is 4.79 Å². The van der Waals surface area contributed by atoms with Crippen LogP contribution in [0, 0.1) is 5.82 Å². The van der Waals surface area contributed by atoms with Crippen molar-refractivity contribution in [2.75, 3.05) is 6.61 Å². The second-order valence-electron chi connectivity index (χ2n) is 4.70. The van der Waals surface area contributed by atoms with E-state index in [1.54, 1.807) is 30.3 Å². The van der Waals surface area contributed by atoms with E-state index in [1.807, 2.05) is 6.92 Å². The lowest BCUT2D eigenvalue weighted by atomic mass is 10.1. The molecule has 0 spiro atoms. The van der Waals surface area contributed by atoms with Crippen LogP contribution in [0.2, 0.25) is 5.02 Å². The number of benzene rings is 2. The van der Waals surface area contributed by atoms with Crippen LogP contribution in [-0.4, -0.2) is 12.5 Å². The summed E-state index contributed by atoms with van der Waals surface area (Å²) < 4.78 is 19.0. The van der Waals surface area contributed by atoms with E-state index in [4.69, 9.17) is 16.3 Å². The molecule has 0 aromatic heterocycles. The number of ether oxygens (including phenoxy) is 1. The van der Waals surface area contributed by atoms with Gasteiger partial charge in [-0.25, -0.2) is 4.39 Å². The Bertz CT molecular complexity index is 664. The van der Waals surface area contributed by atoms with Gasteiger partial charge in [0.1, 0.15) is 11.6 Å². The summed E-state index contributed by atoms with van der Waals surface area (Å²) >= 11 is 9.15. The molecule has 6 heteroatoms. The van der Waals surface area contributed by atoms with Crippen LogP contribution in [0.25, 0.3) is 0 Å². The molecule has 2 rings (SSSR count). The lowest BCUT2D eigenvalue weighted by Crippen LogP contribution is -2.31. The zero-order valence-corrected chi connectivity index (χ0v) is 14.1. The molecule has 0 fully saturated rings. The van der Waals surface area contributed by atoms with Gasteiger partial charge in [-0.05, 0) is 58.7 Å². The highest BCUT2D eigenvalue weighted by Gasteiger charge is 2.11. The third-order valence-corrected chi connectivity index (χ3v) is 3.85. The van der Waals surface area contributed by atoms with Crippen molar-refractivity contribution in [1.29, 1.82) is 0 Å². The Hall–Kier alpha value is -1.59. The highest BCUT2D eigenvalue weighted by atomic mass is 79.9. The summed E-state index contributed by atoms with van der Waals surface area (Å²) in [5.74, 6) is -0.0362. The molecule has 22 heavy (non-hydrogen) atoms. The molecule has 3 nitrogen and oxygen atoms in total. The monoisotopic (exact) mass is 385 g/mol. The highest BCUT2D eigenvalue weighted by Crippen LogP contribution is 2.27. The minimum absolute atomic E-state index is 0.119. The number of amides is 1. The molecule has 0 heterocycles. The fraction of sp³-hybridized carbons (Fsp3) is 0.188.